The second kappa shape index (κ2) is 7.70. The van der Waals surface area contributed by atoms with Gasteiger partial charge in [-0.15, -0.1) is 11.3 Å². The van der Waals surface area contributed by atoms with E-state index < -0.39 is 6.10 Å². The molecule has 0 aromatic carbocycles. The molecule has 2 aromatic rings. The maximum absolute atomic E-state index is 11.7. The van der Waals surface area contributed by atoms with Gasteiger partial charge in [-0.3, -0.25) is 10.3 Å². The first-order valence-electron chi connectivity index (χ1n) is 6.76. The molecule has 0 fully saturated rings. The van der Waals surface area contributed by atoms with Crippen LogP contribution in [0.25, 0.3) is 0 Å². The summed E-state index contributed by atoms with van der Waals surface area (Å²) in [4.78, 5) is 20.9. The molecule has 0 spiro atoms. The number of aliphatic hydroxyl groups excluding tert-OH is 1. The van der Waals surface area contributed by atoms with Crippen LogP contribution in [0.5, 0.6) is 0 Å². The smallest absolute Gasteiger partial charge is 0.321 e. The van der Waals surface area contributed by atoms with E-state index in [1.807, 2.05) is 0 Å². The highest BCUT2D eigenvalue weighted by molar-refractivity contribution is 7.15. The summed E-state index contributed by atoms with van der Waals surface area (Å²) in [7, 11) is 0. The minimum absolute atomic E-state index is 0.128. The largest absolute Gasteiger partial charge is 0.387 e. The lowest BCUT2D eigenvalue weighted by molar-refractivity contribution is 0.175. The van der Waals surface area contributed by atoms with Gasteiger partial charge in [0.15, 0.2) is 5.13 Å². The third kappa shape index (κ3) is 4.80. The highest BCUT2D eigenvalue weighted by atomic mass is 32.1. The Morgan fingerprint density at radius 3 is 2.90 bits per heavy atom. The number of anilines is 1. The maximum atomic E-state index is 11.7. The average Bonchev–Trinajstić information content (AvgIpc) is 2.93. The summed E-state index contributed by atoms with van der Waals surface area (Å²) in [6.07, 6.45) is 6.22. The van der Waals surface area contributed by atoms with Gasteiger partial charge in [0.1, 0.15) is 0 Å². The van der Waals surface area contributed by atoms with E-state index in [9.17, 15) is 9.90 Å². The predicted octanol–water partition coefficient (Wildman–Crippen LogP) is 2.35. The third-order valence-electron chi connectivity index (χ3n) is 2.82. The quantitative estimate of drug-likeness (QED) is 0.764. The molecule has 0 aliphatic rings. The molecule has 0 aliphatic heterocycles. The molecule has 0 radical (unpaired) electrons. The van der Waals surface area contributed by atoms with Gasteiger partial charge in [0, 0.05) is 30.0 Å². The zero-order valence-electron chi connectivity index (χ0n) is 11.7. The number of carbonyl (C=O) groups excluding carboxylic acids is 1. The third-order valence-corrected chi connectivity index (χ3v) is 3.79. The summed E-state index contributed by atoms with van der Waals surface area (Å²) in [5.74, 6) is 0. The number of aromatic nitrogens is 2. The van der Waals surface area contributed by atoms with Crippen molar-refractivity contribution in [3.8, 4) is 0 Å². The molecule has 0 aliphatic carbocycles. The van der Waals surface area contributed by atoms with Gasteiger partial charge < -0.3 is 10.4 Å². The standard InChI is InChI=1S/C14H18N4O2S/c1-2-3-11-8-17-14(21-11)18-13(20)16-9-12(19)10-4-6-15-7-5-10/h4-8,12,19H,2-3,9H2,1H3,(H2,16,17,18,20). The summed E-state index contributed by atoms with van der Waals surface area (Å²) in [5, 5.41) is 15.8. The lowest BCUT2D eigenvalue weighted by Crippen LogP contribution is -2.32. The van der Waals surface area contributed by atoms with Gasteiger partial charge in [0.05, 0.1) is 6.10 Å². The fraction of sp³-hybridized carbons (Fsp3) is 0.357. The van der Waals surface area contributed by atoms with E-state index in [4.69, 9.17) is 0 Å². The number of rotatable bonds is 6. The van der Waals surface area contributed by atoms with E-state index in [1.54, 1.807) is 30.7 Å². The Kier molecular flexibility index (Phi) is 5.65. The van der Waals surface area contributed by atoms with Crippen molar-refractivity contribution in [2.75, 3.05) is 11.9 Å². The van der Waals surface area contributed by atoms with Crippen LogP contribution in [0.1, 0.15) is 29.9 Å². The van der Waals surface area contributed by atoms with E-state index in [0.717, 1.165) is 17.7 Å². The first-order valence-corrected chi connectivity index (χ1v) is 7.58. The molecule has 2 amide bonds. The van der Waals surface area contributed by atoms with Crippen molar-refractivity contribution in [2.45, 2.75) is 25.9 Å². The van der Waals surface area contributed by atoms with E-state index in [0.29, 0.717) is 10.7 Å². The van der Waals surface area contributed by atoms with Gasteiger partial charge in [-0.25, -0.2) is 9.78 Å². The van der Waals surface area contributed by atoms with Crippen molar-refractivity contribution in [2.24, 2.45) is 0 Å². The number of pyridine rings is 1. The highest BCUT2D eigenvalue weighted by Gasteiger charge is 2.10. The maximum Gasteiger partial charge on any atom is 0.321 e. The molecule has 3 N–H and O–H groups in total. The summed E-state index contributed by atoms with van der Waals surface area (Å²) in [5.41, 5.74) is 0.713. The van der Waals surface area contributed by atoms with Crippen LogP contribution in [0.4, 0.5) is 9.93 Å². The van der Waals surface area contributed by atoms with Gasteiger partial charge in [-0.1, -0.05) is 13.3 Å². The first-order chi connectivity index (χ1) is 10.2. The number of hydrogen-bond donors (Lipinski definition) is 3. The second-order valence-electron chi connectivity index (χ2n) is 4.51. The monoisotopic (exact) mass is 306 g/mol. The van der Waals surface area contributed by atoms with Crippen LogP contribution in [-0.2, 0) is 6.42 Å². The van der Waals surface area contributed by atoms with Crippen molar-refractivity contribution in [3.05, 3.63) is 41.2 Å². The molecule has 0 saturated carbocycles. The van der Waals surface area contributed by atoms with Crippen LogP contribution in [-0.4, -0.2) is 27.7 Å². The Morgan fingerprint density at radius 1 is 1.43 bits per heavy atom. The molecule has 0 bridgehead atoms. The number of aryl methyl sites for hydroxylation is 1. The Labute approximate surface area is 127 Å². The van der Waals surface area contributed by atoms with Crippen LogP contribution in [0.3, 0.4) is 0 Å². The first kappa shape index (κ1) is 15.4. The Bertz CT molecular complexity index is 573. The van der Waals surface area contributed by atoms with E-state index in [1.165, 1.54) is 11.3 Å². The fourth-order valence-corrected chi connectivity index (χ4v) is 2.67. The van der Waals surface area contributed by atoms with Crippen LogP contribution in [0.2, 0.25) is 0 Å². The SMILES string of the molecule is CCCc1cnc(NC(=O)NCC(O)c2ccncc2)s1. The summed E-state index contributed by atoms with van der Waals surface area (Å²) >= 11 is 1.46. The van der Waals surface area contributed by atoms with Gasteiger partial charge in [-0.05, 0) is 24.1 Å². The van der Waals surface area contributed by atoms with E-state index in [2.05, 4.69) is 27.5 Å². The molecule has 7 heteroatoms. The van der Waals surface area contributed by atoms with Crippen LogP contribution in [0.15, 0.2) is 30.7 Å². The number of urea groups is 1. The summed E-state index contributed by atoms with van der Waals surface area (Å²) in [6.45, 7) is 2.23. The van der Waals surface area contributed by atoms with Gasteiger partial charge in [0.2, 0.25) is 0 Å². The molecule has 2 rings (SSSR count). The number of carbonyl (C=O) groups is 1. The molecular weight excluding hydrogens is 288 g/mol. The number of amides is 2. The summed E-state index contributed by atoms with van der Waals surface area (Å²) in [6, 6.07) is 3.05. The molecule has 1 atom stereocenters. The Morgan fingerprint density at radius 2 is 2.19 bits per heavy atom. The molecule has 21 heavy (non-hydrogen) atoms. The number of aliphatic hydroxyl groups is 1. The Balaban J connectivity index is 1.79. The zero-order valence-corrected chi connectivity index (χ0v) is 12.6. The van der Waals surface area contributed by atoms with Crippen molar-refractivity contribution in [1.29, 1.82) is 0 Å². The molecule has 2 aromatic heterocycles. The second-order valence-corrected chi connectivity index (χ2v) is 5.63. The number of thiazole rings is 1. The molecular formula is C14H18N4O2S. The van der Waals surface area contributed by atoms with Crippen molar-refractivity contribution >= 4 is 22.5 Å². The van der Waals surface area contributed by atoms with E-state index >= 15 is 0 Å². The molecule has 6 nitrogen and oxygen atoms in total. The summed E-state index contributed by atoms with van der Waals surface area (Å²) < 4.78 is 0. The van der Waals surface area contributed by atoms with Crippen molar-refractivity contribution in [1.82, 2.24) is 15.3 Å². The van der Waals surface area contributed by atoms with Crippen molar-refractivity contribution in [3.63, 3.8) is 0 Å². The van der Waals surface area contributed by atoms with Gasteiger partial charge >= 0.3 is 6.03 Å². The average molecular weight is 306 g/mol. The number of nitrogens with one attached hydrogen (secondary N) is 2. The molecule has 0 saturated heterocycles. The van der Waals surface area contributed by atoms with Crippen LogP contribution < -0.4 is 10.6 Å². The Hall–Kier alpha value is -1.99. The predicted molar refractivity (Wildman–Crippen MR) is 82.3 cm³/mol. The molecule has 2 heterocycles. The van der Waals surface area contributed by atoms with Gasteiger partial charge in [0.25, 0.3) is 0 Å². The molecule has 1 unspecified atom stereocenters. The van der Waals surface area contributed by atoms with E-state index in [-0.39, 0.29) is 12.6 Å². The van der Waals surface area contributed by atoms with Crippen LogP contribution >= 0.6 is 11.3 Å². The minimum Gasteiger partial charge on any atom is -0.387 e. The topological polar surface area (TPSA) is 87.1 Å². The highest BCUT2D eigenvalue weighted by Crippen LogP contribution is 2.19. The fourth-order valence-electron chi connectivity index (χ4n) is 1.76. The number of hydrogen-bond acceptors (Lipinski definition) is 5. The minimum atomic E-state index is -0.759. The zero-order chi connectivity index (χ0) is 15.1. The van der Waals surface area contributed by atoms with Gasteiger partial charge in [-0.2, -0.15) is 0 Å². The van der Waals surface area contributed by atoms with Crippen LogP contribution in [0, 0.1) is 0 Å². The number of nitrogens with zero attached hydrogens (tertiary/aromatic N) is 2. The lowest BCUT2D eigenvalue weighted by Gasteiger charge is -2.11. The molecule has 112 valence electrons. The van der Waals surface area contributed by atoms with Crippen molar-refractivity contribution < 1.29 is 9.90 Å². The lowest BCUT2D eigenvalue weighted by atomic mass is 10.1. The normalized spacial score (nSPS) is 11.9.